The van der Waals surface area contributed by atoms with Crippen molar-refractivity contribution < 1.29 is 9.13 Å². The zero-order chi connectivity index (χ0) is 13.1. The summed E-state index contributed by atoms with van der Waals surface area (Å²) in [4.78, 5) is 2.20. The van der Waals surface area contributed by atoms with E-state index in [4.69, 9.17) is 4.74 Å². The first-order valence-corrected chi connectivity index (χ1v) is 6.43. The van der Waals surface area contributed by atoms with Gasteiger partial charge >= 0.3 is 0 Å². The van der Waals surface area contributed by atoms with Gasteiger partial charge < -0.3 is 15.0 Å². The smallest absolute Gasteiger partial charge is 0.125 e. The van der Waals surface area contributed by atoms with Crippen LogP contribution in [0.15, 0.2) is 18.2 Å². The van der Waals surface area contributed by atoms with E-state index < -0.39 is 0 Å². The number of halogens is 1. The maximum atomic E-state index is 13.6. The van der Waals surface area contributed by atoms with Crippen molar-refractivity contribution in [2.45, 2.75) is 32.6 Å². The molecule has 0 amide bonds. The van der Waals surface area contributed by atoms with Gasteiger partial charge in [0.25, 0.3) is 0 Å². The third-order valence-electron chi connectivity index (χ3n) is 3.11. The fourth-order valence-electron chi connectivity index (χ4n) is 2.51. The summed E-state index contributed by atoms with van der Waals surface area (Å²) in [7, 11) is 1.86. The molecule has 1 fully saturated rings. The van der Waals surface area contributed by atoms with Gasteiger partial charge in [-0.05, 0) is 44.7 Å². The number of hydrogen-bond acceptors (Lipinski definition) is 3. The van der Waals surface area contributed by atoms with Crippen molar-refractivity contribution in [1.29, 1.82) is 0 Å². The van der Waals surface area contributed by atoms with Crippen molar-refractivity contribution in [3.63, 3.8) is 0 Å². The first kappa shape index (κ1) is 13.3. The van der Waals surface area contributed by atoms with E-state index >= 15 is 0 Å². The van der Waals surface area contributed by atoms with Crippen LogP contribution in [0.1, 0.15) is 19.4 Å². The molecule has 100 valence electrons. The van der Waals surface area contributed by atoms with Crippen LogP contribution in [0.4, 0.5) is 10.1 Å². The van der Waals surface area contributed by atoms with Crippen LogP contribution in [0.25, 0.3) is 0 Å². The molecule has 1 aromatic carbocycles. The Morgan fingerprint density at radius 3 is 2.56 bits per heavy atom. The second kappa shape index (κ2) is 5.67. The van der Waals surface area contributed by atoms with Gasteiger partial charge in [0.2, 0.25) is 0 Å². The first-order valence-electron chi connectivity index (χ1n) is 6.43. The molecule has 0 saturated carbocycles. The van der Waals surface area contributed by atoms with Crippen molar-refractivity contribution in [3.8, 4) is 0 Å². The van der Waals surface area contributed by atoms with Crippen LogP contribution in [0.2, 0.25) is 0 Å². The van der Waals surface area contributed by atoms with E-state index in [2.05, 4.69) is 24.1 Å². The van der Waals surface area contributed by atoms with Crippen molar-refractivity contribution >= 4 is 5.69 Å². The molecular formula is C14H21FN2O. The minimum Gasteiger partial charge on any atom is -0.372 e. The third kappa shape index (κ3) is 3.21. The summed E-state index contributed by atoms with van der Waals surface area (Å²) in [5.41, 5.74) is 1.92. The number of anilines is 1. The molecule has 4 heteroatoms. The zero-order valence-corrected chi connectivity index (χ0v) is 11.2. The largest absolute Gasteiger partial charge is 0.372 e. The molecule has 3 nitrogen and oxygen atoms in total. The van der Waals surface area contributed by atoms with Crippen molar-refractivity contribution in [2.75, 3.05) is 25.0 Å². The van der Waals surface area contributed by atoms with Gasteiger partial charge in [0.1, 0.15) is 5.82 Å². The van der Waals surface area contributed by atoms with Gasteiger partial charge in [-0.1, -0.05) is 0 Å². The molecule has 1 N–H and O–H groups in total. The summed E-state index contributed by atoms with van der Waals surface area (Å²) in [6.45, 7) is 6.41. The summed E-state index contributed by atoms with van der Waals surface area (Å²) in [6.07, 6.45) is 0.370. The van der Waals surface area contributed by atoms with E-state index in [1.165, 1.54) is 0 Å². The molecule has 2 atom stereocenters. The van der Waals surface area contributed by atoms with Crippen LogP contribution >= 0.6 is 0 Å². The Morgan fingerprint density at radius 2 is 1.94 bits per heavy atom. The molecule has 2 unspecified atom stereocenters. The van der Waals surface area contributed by atoms with Gasteiger partial charge in [-0.15, -0.1) is 0 Å². The highest BCUT2D eigenvalue weighted by Gasteiger charge is 2.22. The molecule has 0 radical (unpaired) electrons. The Hall–Kier alpha value is -1.13. The number of benzene rings is 1. The molecule has 1 saturated heterocycles. The van der Waals surface area contributed by atoms with Gasteiger partial charge in [0.15, 0.2) is 0 Å². The van der Waals surface area contributed by atoms with Crippen LogP contribution in [0.5, 0.6) is 0 Å². The molecule has 0 spiro atoms. The van der Waals surface area contributed by atoms with E-state index in [1.807, 2.05) is 13.1 Å². The van der Waals surface area contributed by atoms with Crippen LogP contribution in [-0.2, 0) is 11.3 Å². The molecule has 0 aliphatic carbocycles. The highest BCUT2D eigenvalue weighted by atomic mass is 19.1. The Labute approximate surface area is 108 Å². The first-order chi connectivity index (χ1) is 8.58. The Bertz CT molecular complexity index is 401. The number of rotatable bonds is 3. The molecule has 0 bridgehead atoms. The SMILES string of the molecule is CNCc1cc(F)cc(N2CC(C)OC(C)C2)c1. The molecule has 18 heavy (non-hydrogen) atoms. The quantitative estimate of drug-likeness (QED) is 0.892. The molecule has 1 aromatic rings. The Morgan fingerprint density at radius 1 is 1.28 bits per heavy atom. The molecule has 2 rings (SSSR count). The zero-order valence-electron chi connectivity index (χ0n) is 11.2. The van der Waals surface area contributed by atoms with Crippen molar-refractivity contribution in [3.05, 3.63) is 29.6 Å². The Kier molecular flexibility index (Phi) is 4.19. The van der Waals surface area contributed by atoms with Crippen LogP contribution in [-0.4, -0.2) is 32.3 Å². The monoisotopic (exact) mass is 252 g/mol. The van der Waals surface area contributed by atoms with Crippen molar-refractivity contribution in [2.24, 2.45) is 0 Å². The van der Waals surface area contributed by atoms with Gasteiger partial charge in [-0.25, -0.2) is 4.39 Å². The fourth-order valence-corrected chi connectivity index (χ4v) is 2.51. The third-order valence-corrected chi connectivity index (χ3v) is 3.11. The predicted octanol–water partition coefficient (Wildman–Crippen LogP) is 2.16. The minimum atomic E-state index is -0.176. The van der Waals surface area contributed by atoms with E-state index in [1.54, 1.807) is 12.1 Å². The lowest BCUT2D eigenvalue weighted by Crippen LogP contribution is -2.45. The highest BCUT2D eigenvalue weighted by molar-refractivity contribution is 5.49. The van der Waals surface area contributed by atoms with E-state index in [9.17, 15) is 4.39 Å². The molecule has 1 aliphatic rings. The van der Waals surface area contributed by atoms with Crippen LogP contribution < -0.4 is 10.2 Å². The number of hydrogen-bond donors (Lipinski definition) is 1. The Balaban J connectivity index is 2.21. The summed E-state index contributed by atoms with van der Waals surface area (Å²) >= 11 is 0. The molecule has 1 aliphatic heterocycles. The summed E-state index contributed by atoms with van der Waals surface area (Å²) in [6, 6.07) is 5.22. The second-order valence-corrected chi connectivity index (χ2v) is 5.01. The van der Waals surface area contributed by atoms with Crippen LogP contribution in [0.3, 0.4) is 0 Å². The molecular weight excluding hydrogens is 231 g/mol. The van der Waals surface area contributed by atoms with Crippen LogP contribution in [0, 0.1) is 5.82 Å². The normalized spacial score (nSPS) is 24.3. The summed E-state index contributed by atoms with van der Waals surface area (Å²) in [5.74, 6) is -0.176. The summed E-state index contributed by atoms with van der Waals surface area (Å²) < 4.78 is 19.3. The van der Waals surface area contributed by atoms with E-state index in [-0.39, 0.29) is 18.0 Å². The molecule has 0 aromatic heterocycles. The topological polar surface area (TPSA) is 24.5 Å². The number of ether oxygens (including phenoxy) is 1. The van der Waals surface area contributed by atoms with Gasteiger partial charge in [0.05, 0.1) is 12.2 Å². The average molecular weight is 252 g/mol. The van der Waals surface area contributed by atoms with Gasteiger partial charge in [0, 0.05) is 25.3 Å². The van der Waals surface area contributed by atoms with Gasteiger partial charge in [-0.3, -0.25) is 0 Å². The average Bonchev–Trinajstić information content (AvgIpc) is 2.27. The van der Waals surface area contributed by atoms with Crippen molar-refractivity contribution in [1.82, 2.24) is 5.32 Å². The predicted molar refractivity (Wildman–Crippen MR) is 71.4 cm³/mol. The lowest BCUT2D eigenvalue weighted by molar-refractivity contribution is -0.00523. The standard InChI is InChI=1S/C14H21FN2O/c1-10-8-17(9-11(2)18-10)14-5-12(7-16-3)4-13(15)6-14/h4-6,10-11,16H,7-9H2,1-3H3. The number of morpholine rings is 1. The lowest BCUT2D eigenvalue weighted by Gasteiger charge is -2.37. The highest BCUT2D eigenvalue weighted by Crippen LogP contribution is 2.23. The number of nitrogens with zero attached hydrogens (tertiary/aromatic N) is 1. The number of nitrogens with one attached hydrogen (secondary N) is 1. The maximum absolute atomic E-state index is 13.6. The second-order valence-electron chi connectivity index (χ2n) is 5.01. The fraction of sp³-hybridized carbons (Fsp3) is 0.571. The summed E-state index contributed by atoms with van der Waals surface area (Å²) in [5, 5.41) is 3.05. The minimum absolute atomic E-state index is 0.176. The maximum Gasteiger partial charge on any atom is 0.125 e. The van der Waals surface area contributed by atoms with E-state index in [0.717, 1.165) is 24.3 Å². The molecule has 1 heterocycles. The lowest BCUT2D eigenvalue weighted by atomic mass is 10.1. The van der Waals surface area contributed by atoms with Gasteiger partial charge in [-0.2, -0.15) is 0 Å². The van der Waals surface area contributed by atoms with E-state index in [0.29, 0.717) is 6.54 Å².